The first kappa shape index (κ1) is 7.24. The molecule has 0 saturated carbocycles. The zero-order chi connectivity index (χ0) is 7.40. The van der Waals surface area contributed by atoms with E-state index in [9.17, 15) is 0 Å². The van der Waals surface area contributed by atoms with E-state index in [0.29, 0.717) is 18.1 Å². The van der Waals surface area contributed by atoms with Crippen LogP contribution in [0.3, 0.4) is 0 Å². The fourth-order valence-electron chi connectivity index (χ4n) is 0.632. The number of oxazole rings is 1. The lowest BCUT2D eigenvalue weighted by Crippen LogP contribution is -1.88. The molecule has 1 aromatic heterocycles. The normalized spacial score (nSPS) is 10.2. The number of nitrogens with zero attached hydrogens (tertiary/aromatic N) is 1. The van der Waals surface area contributed by atoms with Gasteiger partial charge in [0, 0.05) is 6.42 Å². The average Bonchev–Trinajstić information content (AvgIpc) is 2.37. The molecule has 1 heterocycles. The van der Waals surface area contributed by atoms with Crippen molar-refractivity contribution in [2.24, 2.45) is 0 Å². The summed E-state index contributed by atoms with van der Waals surface area (Å²) in [4.78, 5) is 3.79. The van der Waals surface area contributed by atoms with Crippen molar-refractivity contribution in [2.75, 3.05) is 6.61 Å². The largest absolute Gasteiger partial charge is 0.443 e. The zero-order valence-electron chi connectivity index (χ0n) is 5.45. The number of hydrogen-bond donors (Lipinski definition) is 2. The maximum atomic E-state index is 8.52. The predicted molar refractivity (Wildman–Crippen MR) is 33.2 cm³/mol. The van der Waals surface area contributed by atoms with Gasteiger partial charge in [-0.25, -0.2) is 4.98 Å². The molecule has 0 atom stereocenters. The van der Waals surface area contributed by atoms with Gasteiger partial charge in [0.15, 0.2) is 5.89 Å². The molecule has 0 unspecified atom stereocenters. The van der Waals surface area contributed by atoms with E-state index in [2.05, 4.69) is 4.98 Å². The Bertz CT molecular complexity index is 197. The average molecular weight is 143 g/mol. The molecule has 0 aliphatic carbocycles. The molecule has 0 aliphatic heterocycles. The molecule has 0 bridgehead atoms. The number of rotatable bonds is 3. The molecule has 1 aromatic rings. The molecule has 0 radical (unpaired) electrons. The van der Waals surface area contributed by atoms with Crippen LogP contribution in [0.4, 0.5) is 0 Å². The highest BCUT2D eigenvalue weighted by Crippen LogP contribution is 2.02. The molecule has 0 aromatic carbocycles. The summed E-state index contributed by atoms with van der Waals surface area (Å²) in [5, 5.41) is 17.0. The van der Waals surface area contributed by atoms with Crippen molar-refractivity contribution in [3.05, 3.63) is 17.8 Å². The molecular weight excluding hydrogens is 134 g/mol. The van der Waals surface area contributed by atoms with Crippen LogP contribution in [-0.4, -0.2) is 21.8 Å². The lowest BCUT2D eigenvalue weighted by Gasteiger charge is -1.87. The summed E-state index contributed by atoms with van der Waals surface area (Å²) in [5.41, 5.74) is 0. The number of aliphatic hydroxyl groups is 2. The third-order valence-corrected chi connectivity index (χ3v) is 1.08. The highest BCUT2D eigenvalue weighted by molar-refractivity contribution is 4.91. The zero-order valence-corrected chi connectivity index (χ0v) is 5.45. The van der Waals surface area contributed by atoms with E-state index in [1.165, 1.54) is 6.20 Å². The molecule has 0 amide bonds. The third-order valence-electron chi connectivity index (χ3n) is 1.08. The van der Waals surface area contributed by atoms with Crippen molar-refractivity contribution in [3.8, 4) is 0 Å². The Kier molecular flexibility index (Phi) is 2.42. The smallest absolute Gasteiger partial charge is 0.196 e. The van der Waals surface area contributed by atoms with Crippen molar-refractivity contribution in [2.45, 2.75) is 13.0 Å². The van der Waals surface area contributed by atoms with Crippen molar-refractivity contribution >= 4 is 0 Å². The van der Waals surface area contributed by atoms with E-state index >= 15 is 0 Å². The lowest BCUT2D eigenvalue weighted by atomic mass is 10.5. The van der Waals surface area contributed by atoms with Crippen molar-refractivity contribution in [3.63, 3.8) is 0 Å². The predicted octanol–water partition coefficient (Wildman–Crippen LogP) is -0.298. The summed E-state index contributed by atoms with van der Waals surface area (Å²) in [6.07, 6.45) is 1.85. The second kappa shape index (κ2) is 3.34. The fraction of sp³-hybridized carbons (Fsp3) is 0.500. The first-order valence-electron chi connectivity index (χ1n) is 3.02. The molecule has 2 N–H and O–H groups in total. The Morgan fingerprint density at radius 1 is 1.50 bits per heavy atom. The van der Waals surface area contributed by atoms with Crippen molar-refractivity contribution < 1.29 is 14.6 Å². The Morgan fingerprint density at radius 3 is 2.80 bits per heavy atom. The molecule has 4 nitrogen and oxygen atoms in total. The minimum atomic E-state index is -0.140. The quantitative estimate of drug-likeness (QED) is 0.609. The molecule has 1 rings (SSSR count). The molecule has 0 saturated heterocycles. The summed E-state index contributed by atoms with van der Waals surface area (Å²) >= 11 is 0. The monoisotopic (exact) mass is 143 g/mol. The van der Waals surface area contributed by atoms with Gasteiger partial charge in [-0.1, -0.05) is 0 Å². The second-order valence-electron chi connectivity index (χ2n) is 1.85. The van der Waals surface area contributed by atoms with Crippen LogP contribution in [0.5, 0.6) is 0 Å². The topological polar surface area (TPSA) is 66.5 Å². The summed E-state index contributed by atoms with van der Waals surface area (Å²) < 4.78 is 4.95. The van der Waals surface area contributed by atoms with Gasteiger partial charge in [-0.3, -0.25) is 0 Å². The van der Waals surface area contributed by atoms with Gasteiger partial charge in [0.1, 0.15) is 12.4 Å². The van der Waals surface area contributed by atoms with E-state index < -0.39 is 0 Å². The molecule has 0 aliphatic rings. The summed E-state index contributed by atoms with van der Waals surface area (Å²) in [5.74, 6) is 0.898. The minimum Gasteiger partial charge on any atom is -0.443 e. The Balaban J connectivity index is 2.59. The van der Waals surface area contributed by atoms with Crippen molar-refractivity contribution in [1.29, 1.82) is 0 Å². The van der Waals surface area contributed by atoms with Gasteiger partial charge in [-0.2, -0.15) is 0 Å². The van der Waals surface area contributed by atoms with Gasteiger partial charge >= 0.3 is 0 Å². The van der Waals surface area contributed by atoms with Crippen LogP contribution in [0.15, 0.2) is 10.6 Å². The maximum Gasteiger partial charge on any atom is 0.196 e. The minimum absolute atomic E-state index is 0.0192. The Morgan fingerprint density at radius 2 is 2.30 bits per heavy atom. The van der Waals surface area contributed by atoms with Gasteiger partial charge < -0.3 is 14.6 Å². The van der Waals surface area contributed by atoms with Crippen LogP contribution in [0.2, 0.25) is 0 Å². The van der Waals surface area contributed by atoms with Crippen LogP contribution in [0.25, 0.3) is 0 Å². The first-order chi connectivity index (χ1) is 4.86. The van der Waals surface area contributed by atoms with Crippen LogP contribution >= 0.6 is 0 Å². The molecule has 0 fully saturated rings. The molecule has 4 heteroatoms. The standard InChI is InChI=1S/C6H9NO3/c8-2-1-6-7-3-5(4-9)10-6/h3,8-9H,1-2,4H2. The fourth-order valence-corrected chi connectivity index (χ4v) is 0.632. The highest BCUT2D eigenvalue weighted by Gasteiger charge is 2.00. The van der Waals surface area contributed by atoms with E-state index in [4.69, 9.17) is 14.6 Å². The summed E-state index contributed by atoms with van der Waals surface area (Å²) in [7, 11) is 0. The first-order valence-corrected chi connectivity index (χ1v) is 3.02. The van der Waals surface area contributed by atoms with Gasteiger partial charge in [0.25, 0.3) is 0 Å². The van der Waals surface area contributed by atoms with Crippen LogP contribution in [0, 0.1) is 0 Å². The molecule has 56 valence electrons. The van der Waals surface area contributed by atoms with Gasteiger partial charge in [-0.15, -0.1) is 0 Å². The summed E-state index contributed by atoms with van der Waals surface area (Å²) in [6.45, 7) is -0.121. The second-order valence-corrected chi connectivity index (χ2v) is 1.85. The number of hydrogen-bond acceptors (Lipinski definition) is 4. The number of aromatic nitrogens is 1. The number of aliphatic hydroxyl groups excluding tert-OH is 2. The van der Waals surface area contributed by atoms with Gasteiger partial charge in [-0.05, 0) is 0 Å². The van der Waals surface area contributed by atoms with Gasteiger partial charge in [0.05, 0.1) is 12.8 Å². The highest BCUT2D eigenvalue weighted by atomic mass is 16.4. The van der Waals surface area contributed by atoms with Crippen LogP contribution in [0.1, 0.15) is 11.7 Å². The summed E-state index contributed by atoms with van der Waals surface area (Å²) in [6, 6.07) is 0. The van der Waals surface area contributed by atoms with E-state index in [1.807, 2.05) is 0 Å². The van der Waals surface area contributed by atoms with E-state index in [-0.39, 0.29) is 13.2 Å². The van der Waals surface area contributed by atoms with Crippen LogP contribution < -0.4 is 0 Å². The van der Waals surface area contributed by atoms with E-state index in [1.54, 1.807) is 0 Å². The van der Waals surface area contributed by atoms with Crippen LogP contribution in [-0.2, 0) is 13.0 Å². The molecule has 0 spiro atoms. The Hall–Kier alpha value is -0.870. The Labute approximate surface area is 58.1 Å². The third kappa shape index (κ3) is 1.55. The van der Waals surface area contributed by atoms with E-state index in [0.717, 1.165) is 0 Å². The molecular formula is C6H9NO3. The van der Waals surface area contributed by atoms with Gasteiger partial charge in [0.2, 0.25) is 0 Å². The van der Waals surface area contributed by atoms with Crippen molar-refractivity contribution in [1.82, 2.24) is 4.98 Å². The SMILES string of the molecule is OCCc1ncc(CO)o1. The maximum absolute atomic E-state index is 8.52. The lowest BCUT2D eigenvalue weighted by molar-refractivity contribution is 0.237. The molecule has 10 heavy (non-hydrogen) atoms.